The second-order valence-electron chi connectivity index (χ2n) is 4.40. The van der Waals surface area contributed by atoms with E-state index in [1.807, 2.05) is 41.9 Å². The van der Waals surface area contributed by atoms with Crippen LogP contribution in [0.5, 0.6) is 0 Å². The zero-order valence-corrected chi connectivity index (χ0v) is 11.7. The van der Waals surface area contributed by atoms with Gasteiger partial charge in [0.05, 0.1) is 11.0 Å². The number of aryl methyl sites for hydroxylation is 1. The molecule has 0 saturated heterocycles. The van der Waals surface area contributed by atoms with Gasteiger partial charge >= 0.3 is 0 Å². The lowest BCUT2D eigenvalue weighted by molar-refractivity contribution is 0.959. The summed E-state index contributed by atoms with van der Waals surface area (Å²) in [5, 5.41) is 1.27. The van der Waals surface area contributed by atoms with Crippen molar-refractivity contribution >= 4 is 39.9 Å². The van der Waals surface area contributed by atoms with Crippen LogP contribution in [-0.4, -0.2) is 9.55 Å². The minimum atomic E-state index is 0.597. The van der Waals surface area contributed by atoms with Gasteiger partial charge in [-0.3, -0.25) is 0 Å². The lowest BCUT2D eigenvalue weighted by atomic mass is 10.2. The molecule has 0 bridgehead atoms. The predicted molar refractivity (Wildman–Crippen MR) is 80.6 cm³/mol. The summed E-state index contributed by atoms with van der Waals surface area (Å²) < 4.78 is 2.00. The zero-order chi connectivity index (χ0) is 13.6. The van der Waals surface area contributed by atoms with Crippen molar-refractivity contribution in [3.63, 3.8) is 0 Å². The molecule has 0 unspecified atom stereocenters. The standard InChI is InChI=1S/C14H11Cl2N3/c1-19-13-3-2-9(15)7-12(13)18-14(19)8-4-10(16)6-11(17)5-8/h2-7H,17H2,1H3. The number of halogens is 2. The molecule has 5 heteroatoms. The van der Waals surface area contributed by atoms with E-state index >= 15 is 0 Å². The topological polar surface area (TPSA) is 43.8 Å². The molecule has 0 aliphatic carbocycles. The number of imidazole rings is 1. The van der Waals surface area contributed by atoms with Gasteiger partial charge in [0.1, 0.15) is 5.82 Å². The fourth-order valence-corrected chi connectivity index (χ4v) is 2.58. The average molecular weight is 292 g/mol. The third kappa shape index (κ3) is 2.15. The van der Waals surface area contributed by atoms with Crippen molar-refractivity contribution in [3.05, 3.63) is 46.4 Å². The van der Waals surface area contributed by atoms with E-state index in [4.69, 9.17) is 28.9 Å². The van der Waals surface area contributed by atoms with Gasteiger partial charge in [-0.15, -0.1) is 0 Å². The molecule has 0 radical (unpaired) electrons. The highest BCUT2D eigenvalue weighted by Crippen LogP contribution is 2.28. The Labute approximate surface area is 120 Å². The van der Waals surface area contributed by atoms with Gasteiger partial charge in [-0.25, -0.2) is 4.98 Å². The SMILES string of the molecule is Cn1c(-c2cc(N)cc(Cl)c2)nc2cc(Cl)ccc21. The second-order valence-corrected chi connectivity index (χ2v) is 5.27. The van der Waals surface area contributed by atoms with Crippen molar-refractivity contribution in [2.75, 3.05) is 5.73 Å². The van der Waals surface area contributed by atoms with E-state index < -0.39 is 0 Å². The van der Waals surface area contributed by atoms with E-state index in [1.165, 1.54) is 0 Å². The van der Waals surface area contributed by atoms with Gasteiger partial charge in [-0.2, -0.15) is 0 Å². The number of anilines is 1. The highest BCUT2D eigenvalue weighted by atomic mass is 35.5. The van der Waals surface area contributed by atoms with Gasteiger partial charge in [0.15, 0.2) is 0 Å². The molecular formula is C14H11Cl2N3. The van der Waals surface area contributed by atoms with Gasteiger partial charge in [0.25, 0.3) is 0 Å². The highest BCUT2D eigenvalue weighted by Gasteiger charge is 2.11. The summed E-state index contributed by atoms with van der Waals surface area (Å²) in [7, 11) is 1.95. The van der Waals surface area contributed by atoms with Crippen LogP contribution in [0, 0.1) is 0 Å². The molecular weight excluding hydrogens is 281 g/mol. The lowest BCUT2D eigenvalue weighted by Gasteiger charge is -2.04. The Hall–Kier alpha value is -1.71. The van der Waals surface area contributed by atoms with Gasteiger partial charge < -0.3 is 10.3 Å². The van der Waals surface area contributed by atoms with Crippen LogP contribution in [0.25, 0.3) is 22.4 Å². The number of hydrogen-bond acceptors (Lipinski definition) is 2. The first kappa shape index (κ1) is 12.3. The van der Waals surface area contributed by atoms with Crippen molar-refractivity contribution in [2.45, 2.75) is 0 Å². The fourth-order valence-electron chi connectivity index (χ4n) is 2.17. The largest absolute Gasteiger partial charge is 0.399 e. The van der Waals surface area contributed by atoms with Gasteiger partial charge in [0.2, 0.25) is 0 Å². The third-order valence-electron chi connectivity index (χ3n) is 3.02. The fraction of sp³-hybridized carbons (Fsp3) is 0.0714. The van der Waals surface area contributed by atoms with Crippen LogP contribution in [0.4, 0.5) is 5.69 Å². The number of nitrogen functional groups attached to an aromatic ring is 1. The number of benzene rings is 2. The summed E-state index contributed by atoms with van der Waals surface area (Å²) in [6.45, 7) is 0. The minimum absolute atomic E-state index is 0.597. The molecule has 0 fully saturated rings. The Morgan fingerprint density at radius 2 is 1.84 bits per heavy atom. The molecule has 2 aromatic carbocycles. The van der Waals surface area contributed by atoms with Crippen LogP contribution >= 0.6 is 23.2 Å². The molecule has 0 atom stereocenters. The highest BCUT2D eigenvalue weighted by molar-refractivity contribution is 6.31. The average Bonchev–Trinajstić information content (AvgIpc) is 2.65. The second kappa shape index (κ2) is 4.44. The zero-order valence-electron chi connectivity index (χ0n) is 10.2. The summed E-state index contributed by atoms with van der Waals surface area (Å²) in [6.07, 6.45) is 0. The molecule has 3 rings (SSSR count). The number of rotatable bonds is 1. The van der Waals surface area contributed by atoms with Crippen LogP contribution in [0.1, 0.15) is 0 Å². The summed E-state index contributed by atoms with van der Waals surface area (Å²) >= 11 is 12.0. The van der Waals surface area contributed by atoms with Crippen molar-refractivity contribution in [3.8, 4) is 11.4 Å². The molecule has 3 aromatic rings. The maximum absolute atomic E-state index is 6.04. The van der Waals surface area contributed by atoms with Gasteiger partial charge in [-0.1, -0.05) is 23.2 Å². The Morgan fingerprint density at radius 1 is 1.05 bits per heavy atom. The molecule has 0 aliphatic rings. The Bertz CT molecular complexity index is 757. The van der Waals surface area contributed by atoms with Crippen LogP contribution in [0.3, 0.4) is 0 Å². The molecule has 3 nitrogen and oxygen atoms in total. The van der Waals surface area contributed by atoms with E-state index in [1.54, 1.807) is 6.07 Å². The van der Waals surface area contributed by atoms with E-state index in [0.717, 1.165) is 22.4 Å². The van der Waals surface area contributed by atoms with Crippen LogP contribution in [-0.2, 0) is 7.05 Å². The summed E-state index contributed by atoms with van der Waals surface area (Å²) in [5.74, 6) is 0.812. The number of nitrogens with two attached hydrogens (primary N) is 1. The molecule has 0 amide bonds. The molecule has 96 valence electrons. The van der Waals surface area contributed by atoms with Crippen molar-refractivity contribution in [2.24, 2.45) is 7.05 Å². The molecule has 0 saturated carbocycles. The van der Waals surface area contributed by atoms with Gasteiger partial charge in [-0.05, 0) is 36.4 Å². The lowest BCUT2D eigenvalue weighted by Crippen LogP contribution is -1.94. The smallest absolute Gasteiger partial charge is 0.140 e. The first-order valence-corrected chi connectivity index (χ1v) is 6.48. The number of fused-ring (bicyclic) bond motifs is 1. The summed E-state index contributed by atoms with van der Waals surface area (Å²) in [5.41, 5.74) is 9.19. The van der Waals surface area contributed by atoms with E-state index in [2.05, 4.69) is 4.98 Å². The molecule has 1 heterocycles. The van der Waals surface area contributed by atoms with Crippen molar-refractivity contribution in [1.29, 1.82) is 0 Å². The monoisotopic (exact) mass is 291 g/mol. The normalized spacial score (nSPS) is 11.1. The first-order chi connectivity index (χ1) is 9.04. The first-order valence-electron chi connectivity index (χ1n) is 5.73. The molecule has 1 aromatic heterocycles. The van der Waals surface area contributed by atoms with Gasteiger partial charge in [0, 0.05) is 28.3 Å². The number of nitrogens with zero attached hydrogens (tertiary/aromatic N) is 2. The molecule has 0 aliphatic heterocycles. The number of aromatic nitrogens is 2. The third-order valence-corrected chi connectivity index (χ3v) is 3.47. The maximum atomic E-state index is 6.04. The summed E-state index contributed by atoms with van der Waals surface area (Å²) in [6, 6.07) is 11.1. The Morgan fingerprint density at radius 3 is 2.58 bits per heavy atom. The van der Waals surface area contributed by atoms with Crippen molar-refractivity contribution < 1.29 is 0 Å². The Balaban J connectivity index is 2.27. The summed E-state index contributed by atoms with van der Waals surface area (Å²) in [4.78, 5) is 4.59. The van der Waals surface area contributed by atoms with Crippen molar-refractivity contribution in [1.82, 2.24) is 9.55 Å². The van der Waals surface area contributed by atoms with E-state index in [-0.39, 0.29) is 0 Å². The van der Waals surface area contributed by atoms with E-state index in [0.29, 0.717) is 15.7 Å². The molecule has 2 N–H and O–H groups in total. The maximum Gasteiger partial charge on any atom is 0.140 e. The van der Waals surface area contributed by atoms with Crippen LogP contribution in [0.15, 0.2) is 36.4 Å². The predicted octanol–water partition coefficient (Wildman–Crippen LogP) is 4.13. The Kier molecular flexibility index (Phi) is 2.88. The minimum Gasteiger partial charge on any atom is -0.399 e. The van der Waals surface area contributed by atoms with Crippen LogP contribution in [0.2, 0.25) is 10.0 Å². The van der Waals surface area contributed by atoms with Crippen LogP contribution < -0.4 is 5.73 Å². The van der Waals surface area contributed by atoms with E-state index in [9.17, 15) is 0 Å². The number of hydrogen-bond donors (Lipinski definition) is 1. The molecule has 19 heavy (non-hydrogen) atoms. The molecule has 0 spiro atoms. The quantitative estimate of drug-likeness (QED) is 0.685.